The summed E-state index contributed by atoms with van der Waals surface area (Å²) in [5.41, 5.74) is -0.0602. The molecule has 3 unspecified atom stereocenters. The molecule has 0 aromatic rings. The van der Waals surface area contributed by atoms with E-state index in [9.17, 15) is 9.90 Å². The molecule has 4 saturated carbocycles. The lowest BCUT2D eigenvalue weighted by atomic mass is 9.44. The Balaban J connectivity index is 1.91. The predicted molar refractivity (Wildman–Crippen MR) is 58.8 cm³/mol. The lowest BCUT2D eigenvalue weighted by molar-refractivity contribution is -0.158. The van der Waals surface area contributed by atoms with Gasteiger partial charge in [-0.3, -0.25) is 4.79 Å². The second kappa shape index (κ2) is 3.46. The number of carboxylic acids is 1. The van der Waals surface area contributed by atoms with Gasteiger partial charge < -0.3 is 10.2 Å². The standard InChI is InChI=1S/C13H20O3/c14-7-11-10-2-8-1-9(3-10)5-13(11,4-8)6-12(15)16/h8-11,14H,1-7H2,(H,15,16). The van der Waals surface area contributed by atoms with Crippen molar-refractivity contribution in [1.82, 2.24) is 0 Å². The van der Waals surface area contributed by atoms with Crippen LogP contribution in [0.4, 0.5) is 0 Å². The Bertz CT molecular complexity index is 298. The molecule has 4 rings (SSSR count). The Labute approximate surface area is 95.9 Å². The third kappa shape index (κ3) is 1.41. The third-order valence-corrected chi connectivity index (χ3v) is 5.38. The first-order valence-electron chi connectivity index (χ1n) is 6.45. The van der Waals surface area contributed by atoms with Crippen molar-refractivity contribution in [2.75, 3.05) is 6.61 Å². The Morgan fingerprint density at radius 1 is 1.19 bits per heavy atom. The molecule has 4 fully saturated rings. The number of hydrogen-bond acceptors (Lipinski definition) is 2. The maximum absolute atomic E-state index is 11.1. The van der Waals surface area contributed by atoms with Crippen molar-refractivity contribution < 1.29 is 15.0 Å². The molecule has 0 heterocycles. The van der Waals surface area contributed by atoms with Crippen LogP contribution in [0.15, 0.2) is 0 Å². The van der Waals surface area contributed by atoms with E-state index in [2.05, 4.69) is 0 Å². The van der Waals surface area contributed by atoms with E-state index in [0.29, 0.717) is 5.92 Å². The summed E-state index contributed by atoms with van der Waals surface area (Å²) >= 11 is 0. The van der Waals surface area contributed by atoms with Crippen LogP contribution in [0.1, 0.15) is 38.5 Å². The number of carbonyl (C=O) groups is 1. The highest BCUT2D eigenvalue weighted by Gasteiger charge is 2.57. The van der Waals surface area contributed by atoms with Crippen LogP contribution in [0.5, 0.6) is 0 Å². The molecule has 0 radical (unpaired) electrons. The molecular weight excluding hydrogens is 204 g/mol. The lowest BCUT2D eigenvalue weighted by Gasteiger charge is -2.60. The minimum atomic E-state index is -0.680. The number of hydrogen-bond donors (Lipinski definition) is 2. The van der Waals surface area contributed by atoms with E-state index in [4.69, 9.17) is 5.11 Å². The zero-order valence-electron chi connectivity index (χ0n) is 9.56. The van der Waals surface area contributed by atoms with Gasteiger partial charge in [0.15, 0.2) is 0 Å². The normalized spacial score (nSPS) is 49.6. The summed E-state index contributed by atoms with van der Waals surface area (Å²) in [5, 5.41) is 18.7. The first kappa shape index (κ1) is 10.6. The summed E-state index contributed by atoms with van der Waals surface area (Å²) in [6.07, 6.45) is 6.18. The Hall–Kier alpha value is -0.570. The van der Waals surface area contributed by atoms with Crippen LogP contribution in [0, 0.1) is 29.1 Å². The highest BCUT2D eigenvalue weighted by atomic mass is 16.4. The average molecular weight is 224 g/mol. The lowest BCUT2D eigenvalue weighted by Crippen LogP contribution is -2.54. The van der Waals surface area contributed by atoms with Gasteiger partial charge in [-0.25, -0.2) is 0 Å². The average Bonchev–Trinajstić information content (AvgIpc) is 2.13. The smallest absolute Gasteiger partial charge is 0.303 e. The number of aliphatic hydroxyl groups excluding tert-OH is 1. The molecular formula is C13H20O3. The first-order valence-corrected chi connectivity index (χ1v) is 6.45. The summed E-state index contributed by atoms with van der Waals surface area (Å²) in [7, 11) is 0. The Kier molecular flexibility index (Phi) is 2.29. The second-order valence-corrected chi connectivity index (χ2v) is 6.33. The van der Waals surface area contributed by atoms with E-state index in [1.165, 1.54) is 19.3 Å². The Morgan fingerprint density at radius 3 is 2.31 bits per heavy atom. The molecule has 90 valence electrons. The molecule has 0 aliphatic heterocycles. The molecule has 16 heavy (non-hydrogen) atoms. The van der Waals surface area contributed by atoms with Gasteiger partial charge >= 0.3 is 5.97 Å². The topological polar surface area (TPSA) is 57.5 Å². The number of aliphatic hydroxyl groups is 1. The Morgan fingerprint density at radius 2 is 1.81 bits per heavy atom. The van der Waals surface area contributed by atoms with E-state index >= 15 is 0 Å². The molecule has 0 amide bonds. The van der Waals surface area contributed by atoms with Gasteiger partial charge in [0.2, 0.25) is 0 Å². The van der Waals surface area contributed by atoms with E-state index in [1.54, 1.807) is 0 Å². The van der Waals surface area contributed by atoms with Crippen LogP contribution in [-0.4, -0.2) is 22.8 Å². The molecule has 4 aliphatic rings. The fourth-order valence-corrected chi connectivity index (χ4v) is 5.23. The minimum absolute atomic E-state index is 0.0602. The highest BCUT2D eigenvalue weighted by molar-refractivity contribution is 5.68. The van der Waals surface area contributed by atoms with Crippen LogP contribution in [0.25, 0.3) is 0 Å². The van der Waals surface area contributed by atoms with Crippen molar-refractivity contribution in [3.63, 3.8) is 0 Å². The number of aliphatic carboxylic acids is 1. The molecule has 3 nitrogen and oxygen atoms in total. The zero-order chi connectivity index (χ0) is 11.3. The SMILES string of the molecule is O=C(O)CC12CC3CC(CC(C3)C1CO)C2. The molecule has 0 aromatic heterocycles. The van der Waals surface area contributed by atoms with Crippen LogP contribution >= 0.6 is 0 Å². The minimum Gasteiger partial charge on any atom is -0.481 e. The third-order valence-electron chi connectivity index (χ3n) is 5.38. The number of rotatable bonds is 3. The molecule has 0 aromatic carbocycles. The van der Waals surface area contributed by atoms with Gasteiger partial charge in [0.05, 0.1) is 6.42 Å². The predicted octanol–water partition coefficient (Wildman–Crippen LogP) is 1.90. The first-order chi connectivity index (χ1) is 7.63. The van der Waals surface area contributed by atoms with Crippen molar-refractivity contribution in [2.24, 2.45) is 29.1 Å². The molecule has 2 N–H and O–H groups in total. The summed E-state index contributed by atoms with van der Waals surface area (Å²) in [5.74, 6) is 1.69. The van der Waals surface area contributed by atoms with Crippen molar-refractivity contribution in [3.05, 3.63) is 0 Å². The van der Waals surface area contributed by atoms with Crippen LogP contribution < -0.4 is 0 Å². The van der Waals surface area contributed by atoms with Crippen molar-refractivity contribution in [3.8, 4) is 0 Å². The van der Waals surface area contributed by atoms with Crippen LogP contribution in [0.2, 0.25) is 0 Å². The maximum Gasteiger partial charge on any atom is 0.303 e. The van der Waals surface area contributed by atoms with Crippen LogP contribution in [-0.2, 0) is 4.79 Å². The zero-order valence-corrected chi connectivity index (χ0v) is 9.56. The summed E-state index contributed by atoms with van der Waals surface area (Å²) < 4.78 is 0. The fraction of sp³-hybridized carbons (Fsp3) is 0.923. The maximum atomic E-state index is 11.1. The van der Waals surface area contributed by atoms with E-state index in [1.807, 2.05) is 0 Å². The summed E-state index contributed by atoms with van der Waals surface area (Å²) in [6.45, 7) is 0.192. The van der Waals surface area contributed by atoms with Gasteiger partial charge in [0.25, 0.3) is 0 Å². The largest absolute Gasteiger partial charge is 0.481 e. The quantitative estimate of drug-likeness (QED) is 0.769. The molecule has 0 spiro atoms. The van der Waals surface area contributed by atoms with Crippen molar-refractivity contribution in [2.45, 2.75) is 38.5 Å². The van der Waals surface area contributed by atoms with Crippen LogP contribution in [0.3, 0.4) is 0 Å². The molecule has 4 aliphatic carbocycles. The molecule has 3 atom stereocenters. The fourth-order valence-electron chi connectivity index (χ4n) is 5.23. The highest BCUT2D eigenvalue weighted by Crippen LogP contribution is 2.63. The van der Waals surface area contributed by atoms with Gasteiger partial charge in [-0.05, 0) is 61.2 Å². The molecule has 4 bridgehead atoms. The molecule has 0 saturated heterocycles. The van der Waals surface area contributed by atoms with E-state index < -0.39 is 5.97 Å². The van der Waals surface area contributed by atoms with E-state index in [-0.39, 0.29) is 24.4 Å². The van der Waals surface area contributed by atoms with Crippen molar-refractivity contribution >= 4 is 5.97 Å². The summed E-state index contributed by atoms with van der Waals surface area (Å²) in [4.78, 5) is 11.1. The van der Waals surface area contributed by atoms with Crippen molar-refractivity contribution in [1.29, 1.82) is 0 Å². The molecule has 3 heteroatoms. The number of carboxylic acid groups (broad SMARTS) is 1. The monoisotopic (exact) mass is 224 g/mol. The van der Waals surface area contributed by atoms with Gasteiger partial charge in [-0.2, -0.15) is 0 Å². The van der Waals surface area contributed by atoms with Gasteiger partial charge in [-0.15, -0.1) is 0 Å². The second-order valence-electron chi connectivity index (χ2n) is 6.33. The van der Waals surface area contributed by atoms with Gasteiger partial charge in [0, 0.05) is 6.61 Å². The summed E-state index contributed by atoms with van der Waals surface area (Å²) in [6, 6.07) is 0. The van der Waals surface area contributed by atoms with Gasteiger partial charge in [0.1, 0.15) is 0 Å². The van der Waals surface area contributed by atoms with E-state index in [0.717, 1.165) is 24.7 Å². The van der Waals surface area contributed by atoms with Gasteiger partial charge in [-0.1, -0.05) is 0 Å².